The van der Waals surface area contributed by atoms with Gasteiger partial charge < -0.3 is 0 Å². The molecular weight excluding hydrogens is 192 g/mol. The first-order valence-corrected chi connectivity index (χ1v) is 5.32. The minimum Gasteiger partial charge on any atom is -0.126 e. The highest BCUT2D eigenvalue weighted by molar-refractivity contribution is 6.18. The summed E-state index contributed by atoms with van der Waals surface area (Å²) in [6.07, 6.45) is 8.37. The van der Waals surface area contributed by atoms with Crippen molar-refractivity contribution in [2.75, 3.05) is 5.88 Å². The van der Waals surface area contributed by atoms with Gasteiger partial charge in [0.15, 0.2) is 0 Å². The average Bonchev–Trinajstić information content (AvgIpc) is 2.25. The van der Waals surface area contributed by atoms with Crippen molar-refractivity contribution in [1.29, 1.82) is 0 Å². The van der Waals surface area contributed by atoms with Crippen LogP contribution in [0, 0.1) is 5.92 Å². The van der Waals surface area contributed by atoms with Crippen LogP contribution < -0.4 is 0 Å². The zero-order valence-corrected chi connectivity index (χ0v) is 9.11. The van der Waals surface area contributed by atoms with Crippen LogP contribution in [0.15, 0.2) is 48.6 Å². The van der Waals surface area contributed by atoms with Crippen molar-refractivity contribution >= 4 is 17.7 Å². The first-order valence-electron chi connectivity index (χ1n) is 4.79. The molecule has 0 spiro atoms. The maximum atomic E-state index is 5.81. The fraction of sp³-hybridized carbons (Fsp3) is 0.231. The van der Waals surface area contributed by atoms with E-state index >= 15 is 0 Å². The van der Waals surface area contributed by atoms with Crippen molar-refractivity contribution in [2.45, 2.75) is 6.92 Å². The van der Waals surface area contributed by atoms with Crippen LogP contribution in [-0.4, -0.2) is 5.88 Å². The molecule has 0 aliphatic carbocycles. The molecule has 0 fully saturated rings. The number of benzene rings is 1. The lowest BCUT2D eigenvalue weighted by atomic mass is 10.1. The second kappa shape index (κ2) is 6.44. The summed E-state index contributed by atoms with van der Waals surface area (Å²) >= 11 is 5.81. The topological polar surface area (TPSA) is 0 Å². The van der Waals surface area contributed by atoms with E-state index in [0.717, 1.165) is 0 Å². The van der Waals surface area contributed by atoms with Crippen LogP contribution >= 0.6 is 11.6 Å². The van der Waals surface area contributed by atoms with Gasteiger partial charge in [0.1, 0.15) is 0 Å². The Labute approximate surface area is 90.9 Å². The molecule has 0 amide bonds. The Morgan fingerprint density at radius 3 is 2.50 bits per heavy atom. The Balaban J connectivity index is 2.62. The lowest BCUT2D eigenvalue weighted by molar-refractivity contribution is 0.953. The number of halogens is 1. The van der Waals surface area contributed by atoms with Crippen molar-refractivity contribution in [3.63, 3.8) is 0 Å². The van der Waals surface area contributed by atoms with Gasteiger partial charge in [-0.05, 0) is 12.5 Å². The van der Waals surface area contributed by atoms with Gasteiger partial charge in [-0.3, -0.25) is 0 Å². The minimum absolute atomic E-state index is 0.335. The van der Waals surface area contributed by atoms with Gasteiger partial charge in [-0.2, -0.15) is 0 Å². The highest BCUT2D eigenvalue weighted by atomic mass is 35.5. The molecule has 0 heterocycles. The minimum atomic E-state index is 0.335. The Kier molecular flexibility index (Phi) is 5.09. The van der Waals surface area contributed by atoms with Crippen LogP contribution in [-0.2, 0) is 0 Å². The summed E-state index contributed by atoms with van der Waals surface area (Å²) in [5, 5.41) is 0. The highest BCUT2D eigenvalue weighted by Crippen LogP contribution is 2.08. The third kappa shape index (κ3) is 3.80. The van der Waals surface area contributed by atoms with Crippen LogP contribution in [0.5, 0.6) is 0 Å². The average molecular weight is 207 g/mol. The number of hydrogen-bond acceptors (Lipinski definition) is 0. The van der Waals surface area contributed by atoms with Crippen molar-refractivity contribution < 1.29 is 0 Å². The molecule has 1 rings (SSSR count). The van der Waals surface area contributed by atoms with E-state index in [1.807, 2.05) is 31.2 Å². The lowest BCUT2D eigenvalue weighted by Crippen LogP contribution is -1.91. The molecule has 1 unspecified atom stereocenters. The number of allylic oxidation sites excluding steroid dienone is 3. The van der Waals surface area contributed by atoms with Crippen LogP contribution in [0.1, 0.15) is 12.5 Å². The predicted molar refractivity (Wildman–Crippen MR) is 64.5 cm³/mol. The van der Waals surface area contributed by atoms with Gasteiger partial charge in [-0.1, -0.05) is 54.6 Å². The summed E-state index contributed by atoms with van der Waals surface area (Å²) in [6, 6.07) is 10.2. The van der Waals surface area contributed by atoms with Crippen molar-refractivity contribution in [1.82, 2.24) is 0 Å². The van der Waals surface area contributed by atoms with Gasteiger partial charge in [-0.15, -0.1) is 11.6 Å². The van der Waals surface area contributed by atoms with E-state index in [1.54, 1.807) is 0 Å². The number of rotatable bonds is 4. The van der Waals surface area contributed by atoms with E-state index < -0.39 is 0 Å². The summed E-state index contributed by atoms with van der Waals surface area (Å²) in [5.41, 5.74) is 1.21. The van der Waals surface area contributed by atoms with Crippen molar-refractivity contribution in [2.24, 2.45) is 5.92 Å². The maximum Gasteiger partial charge on any atom is 0.0321 e. The Morgan fingerprint density at radius 1 is 1.21 bits per heavy atom. The van der Waals surface area contributed by atoms with Crippen molar-refractivity contribution in [3.8, 4) is 0 Å². The molecule has 1 heteroatoms. The Bertz CT molecular complexity index is 298. The largest absolute Gasteiger partial charge is 0.126 e. The first kappa shape index (κ1) is 11.1. The molecule has 14 heavy (non-hydrogen) atoms. The molecule has 0 aliphatic heterocycles. The molecule has 0 bridgehead atoms. The molecule has 1 atom stereocenters. The summed E-state index contributed by atoms with van der Waals surface area (Å²) in [6.45, 7) is 2.01. The highest BCUT2D eigenvalue weighted by Gasteiger charge is 1.95. The fourth-order valence-corrected chi connectivity index (χ4v) is 1.42. The number of alkyl halides is 1. The van der Waals surface area contributed by atoms with E-state index in [-0.39, 0.29) is 0 Å². The Hall–Kier alpha value is -1.01. The normalized spacial score (nSPS) is 13.9. The summed E-state index contributed by atoms with van der Waals surface area (Å²) in [4.78, 5) is 0. The van der Waals surface area contributed by atoms with Crippen LogP contribution in [0.3, 0.4) is 0 Å². The smallest absolute Gasteiger partial charge is 0.0321 e. The van der Waals surface area contributed by atoms with E-state index in [9.17, 15) is 0 Å². The van der Waals surface area contributed by atoms with Crippen LogP contribution in [0.25, 0.3) is 6.08 Å². The molecule has 0 aromatic heterocycles. The monoisotopic (exact) mass is 206 g/mol. The number of hydrogen-bond donors (Lipinski definition) is 0. The van der Waals surface area contributed by atoms with Gasteiger partial charge in [-0.25, -0.2) is 0 Å². The third-order valence-corrected chi connectivity index (χ3v) is 2.31. The molecule has 1 aromatic carbocycles. The Morgan fingerprint density at radius 2 is 1.93 bits per heavy atom. The quantitative estimate of drug-likeness (QED) is 0.513. The molecule has 0 nitrogen and oxygen atoms in total. The lowest BCUT2D eigenvalue weighted by Gasteiger charge is -2.00. The van der Waals surface area contributed by atoms with E-state index in [0.29, 0.717) is 11.8 Å². The summed E-state index contributed by atoms with van der Waals surface area (Å²) in [7, 11) is 0. The van der Waals surface area contributed by atoms with Crippen LogP contribution in [0.2, 0.25) is 0 Å². The third-order valence-electron chi connectivity index (χ3n) is 1.95. The predicted octanol–water partition coefficient (Wildman–Crippen LogP) is 4.13. The van der Waals surface area contributed by atoms with Gasteiger partial charge in [0.25, 0.3) is 0 Å². The van der Waals surface area contributed by atoms with Gasteiger partial charge in [0, 0.05) is 11.8 Å². The van der Waals surface area contributed by atoms with Gasteiger partial charge in [0.2, 0.25) is 0 Å². The molecule has 0 saturated carbocycles. The fourth-order valence-electron chi connectivity index (χ4n) is 1.21. The van der Waals surface area contributed by atoms with E-state index in [1.165, 1.54) is 5.56 Å². The van der Waals surface area contributed by atoms with Gasteiger partial charge in [0.05, 0.1) is 0 Å². The second-order valence-electron chi connectivity index (χ2n) is 3.11. The van der Waals surface area contributed by atoms with E-state index in [4.69, 9.17) is 11.6 Å². The standard InChI is InChI=1S/C13H15Cl/c1-2-6-13(11-14)10-9-12-7-4-3-5-8-12/h2-10,13H,11H2,1H3. The molecule has 74 valence electrons. The summed E-state index contributed by atoms with van der Waals surface area (Å²) in [5.74, 6) is 0.968. The van der Waals surface area contributed by atoms with Crippen LogP contribution in [0.4, 0.5) is 0 Å². The zero-order valence-electron chi connectivity index (χ0n) is 8.36. The second-order valence-corrected chi connectivity index (χ2v) is 3.42. The van der Waals surface area contributed by atoms with Crippen molar-refractivity contribution in [3.05, 3.63) is 54.1 Å². The molecule has 0 N–H and O–H groups in total. The molecule has 0 saturated heterocycles. The maximum absolute atomic E-state index is 5.81. The zero-order chi connectivity index (χ0) is 10.2. The molecule has 0 aliphatic rings. The molecular formula is C13H15Cl. The SMILES string of the molecule is CC=CC(C=Cc1ccccc1)CCl. The van der Waals surface area contributed by atoms with E-state index in [2.05, 4.69) is 30.4 Å². The molecule has 0 radical (unpaired) electrons. The molecule has 1 aromatic rings. The van der Waals surface area contributed by atoms with Gasteiger partial charge >= 0.3 is 0 Å². The summed E-state index contributed by atoms with van der Waals surface area (Å²) < 4.78 is 0. The first-order chi connectivity index (χ1) is 6.86.